The normalized spacial score (nSPS) is 12.3. The predicted octanol–water partition coefficient (Wildman–Crippen LogP) is 2.03. The summed E-state index contributed by atoms with van der Waals surface area (Å²) in [7, 11) is 1.67. The van der Waals surface area contributed by atoms with Crippen LogP contribution in [0.3, 0.4) is 0 Å². The van der Waals surface area contributed by atoms with Gasteiger partial charge in [-0.3, -0.25) is 4.79 Å². The topological polar surface area (TPSA) is 41.1 Å². The number of anilines is 1. The molecule has 1 rings (SSSR count). The molecule has 0 fully saturated rings. The Bertz CT molecular complexity index is 350. The van der Waals surface area contributed by atoms with E-state index in [2.05, 4.69) is 10.6 Å². The van der Waals surface area contributed by atoms with E-state index in [0.29, 0.717) is 5.69 Å². The molecular weight excluding hydrogens is 219 g/mol. The van der Waals surface area contributed by atoms with E-state index in [9.17, 15) is 9.18 Å². The highest BCUT2D eigenvalue weighted by Crippen LogP contribution is 2.18. The fourth-order valence-corrected chi connectivity index (χ4v) is 1.23. The highest BCUT2D eigenvalue weighted by molar-refractivity contribution is 6.30. The zero-order valence-corrected chi connectivity index (χ0v) is 9.23. The summed E-state index contributed by atoms with van der Waals surface area (Å²) in [6.07, 6.45) is 0. The highest BCUT2D eigenvalue weighted by Gasteiger charge is 2.10. The Balaban J connectivity index is 2.76. The summed E-state index contributed by atoms with van der Waals surface area (Å²) < 4.78 is 12.9. The summed E-state index contributed by atoms with van der Waals surface area (Å²) in [6.45, 7) is 1.70. The maximum Gasteiger partial charge on any atom is 0.241 e. The van der Waals surface area contributed by atoms with Gasteiger partial charge in [-0.1, -0.05) is 11.6 Å². The van der Waals surface area contributed by atoms with Crippen molar-refractivity contribution in [3.63, 3.8) is 0 Å². The van der Waals surface area contributed by atoms with Gasteiger partial charge in [-0.2, -0.15) is 0 Å². The minimum atomic E-state index is -0.477. The van der Waals surface area contributed by atoms with Gasteiger partial charge in [0.2, 0.25) is 5.91 Å². The van der Waals surface area contributed by atoms with Gasteiger partial charge in [-0.05, 0) is 32.2 Å². The molecule has 0 spiro atoms. The smallest absolute Gasteiger partial charge is 0.241 e. The fourth-order valence-electron chi connectivity index (χ4n) is 1.01. The molecule has 0 radical (unpaired) electrons. The van der Waals surface area contributed by atoms with Gasteiger partial charge in [0, 0.05) is 10.7 Å². The third-order valence-corrected chi connectivity index (χ3v) is 2.17. The Hall–Kier alpha value is -1.13. The molecule has 1 unspecified atom stereocenters. The molecule has 2 N–H and O–H groups in total. The van der Waals surface area contributed by atoms with Crippen molar-refractivity contribution in [1.82, 2.24) is 5.32 Å². The molecule has 0 aromatic heterocycles. The van der Waals surface area contributed by atoms with Crippen LogP contribution in [0.4, 0.5) is 10.1 Å². The molecule has 15 heavy (non-hydrogen) atoms. The highest BCUT2D eigenvalue weighted by atomic mass is 35.5. The van der Waals surface area contributed by atoms with Crippen LogP contribution in [-0.2, 0) is 4.79 Å². The van der Waals surface area contributed by atoms with Gasteiger partial charge in [-0.25, -0.2) is 4.39 Å². The number of halogens is 2. The maximum atomic E-state index is 12.9. The van der Waals surface area contributed by atoms with E-state index in [4.69, 9.17) is 11.6 Å². The predicted molar refractivity (Wildman–Crippen MR) is 58.6 cm³/mol. The second-order valence-electron chi connectivity index (χ2n) is 3.16. The average Bonchev–Trinajstić information content (AvgIpc) is 2.14. The number of hydrogen-bond donors (Lipinski definition) is 2. The molecule has 1 atom stereocenters. The maximum absolute atomic E-state index is 12.9. The van der Waals surface area contributed by atoms with Crippen molar-refractivity contribution in [2.45, 2.75) is 13.0 Å². The van der Waals surface area contributed by atoms with Crippen LogP contribution in [0.15, 0.2) is 18.2 Å². The Morgan fingerprint density at radius 3 is 2.67 bits per heavy atom. The number of likely N-dealkylation sites (N-methyl/N-ethyl adjacent to an activating group) is 1. The first-order valence-corrected chi connectivity index (χ1v) is 4.85. The fraction of sp³-hybridized carbons (Fsp3) is 0.300. The number of amides is 1. The largest absolute Gasteiger partial charge is 0.325 e. The van der Waals surface area contributed by atoms with E-state index in [1.165, 1.54) is 18.2 Å². The van der Waals surface area contributed by atoms with E-state index < -0.39 is 5.82 Å². The minimum Gasteiger partial charge on any atom is -0.325 e. The summed E-state index contributed by atoms with van der Waals surface area (Å²) in [5, 5.41) is 5.58. The molecule has 82 valence electrons. The molecule has 0 heterocycles. The molecule has 1 aromatic carbocycles. The van der Waals surface area contributed by atoms with Gasteiger partial charge in [0.15, 0.2) is 0 Å². The van der Waals surface area contributed by atoms with Crippen LogP contribution >= 0.6 is 11.6 Å². The number of hydrogen-bond acceptors (Lipinski definition) is 2. The third-order valence-electron chi connectivity index (χ3n) is 1.96. The van der Waals surface area contributed by atoms with Crippen LogP contribution in [0.5, 0.6) is 0 Å². The number of nitrogens with one attached hydrogen (secondary N) is 2. The van der Waals surface area contributed by atoms with Gasteiger partial charge in [0.1, 0.15) is 5.82 Å². The zero-order chi connectivity index (χ0) is 11.4. The summed E-state index contributed by atoms with van der Waals surface area (Å²) in [5.41, 5.74) is 0.354. The molecule has 0 aliphatic carbocycles. The van der Waals surface area contributed by atoms with Crippen LogP contribution in [0.25, 0.3) is 0 Å². The Morgan fingerprint density at radius 1 is 1.47 bits per heavy atom. The van der Waals surface area contributed by atoms with Crippen molar-refractivity contribution in [1.29, 1.82) is 0 Å². The van der Waals surface area contributed by atoms with Gasteiger partial charge in [-0.15, -0.1) is 0 Å². The van der Waals surface area contributed by atoms with Crippen LogP contribution in [-0.4, -0.2) is 19.0 Å². The van der Waals surface area contributed by atoms with Gasteiger partial charge >= 0.3 is 0 Å². The molecule has 3 nitrogen and oxygen atoms in total. The molecule has 1 amide bonds. The molecule has 0 saturated carbocycles. The number of carbonyl (C=O) groups excluding carboxylic acids is 1. The number of rotatable bonds is 3. The van der Waals surface area contributed by atoms with Crippen LogP contribution in [0.2, 0.25) is 5.02 Å². The van der Waals surface area contributed by atoms with Gasteiger partial charge in [0.25, 0.3) is 0 Å². The average molecular weight is 231 g/mol. The molecule has 0 saturated heterocycles. The van der Waals surface area contributed by atoms with E-state index in [1.54, 1.807) is 14.0 Å². The molecular formula is C10H12ClFN2O. The Morgan fingerprint density at radius 2 is 2.13 bits per heavy atom. The lowest BCUT2D eigenvalue weighted by Gasteiger charge is -2.11. The van der Waals surface area contributed by atoms with Crippen LogP contribution in [0.1, 0.15) is 6.92 Å². The number of carbonyl (C=O) groups is 1. The zero-order valence-electron chi connectivity index (χ0n) is 8.47. The lowest BCUT2D eigenvalue weighted by Crippen LogP contribution is -2.35. The molecule has 0 bridgehead atoms. The first-order valence-electron chi connectivity index (χ1n) is 4.47. The summed E-state index contributed by atoms with van der Waals surface area (Å²) >= 11 is 5.64. The van der Waals surface area contributed by atoms with Gasteiger partial charge in [0.05, 0.1) is 6.04 Å². The summed E-state index contributed by atoms with van der Waals surface area (Å²) in [6, 6.07) is 3.54. The van der Waals surface area contributed by atoms with E-state index in [-0.39, 0.29) is 17.0 Å². The molecule has 0 aliphatic heterocycles. The van der Waals surface area contributed by atoms with Crippen LogP contribution < -0.4 is 10.6 Å². The van der Waals surface area contributed by atoms with Crippen molar-refractivity contribution >= 4 is 23.2 Å². The first kappa shape index (κ1) is 11.9. The first-order chi connectivity index (χ1) is 7.02. The van der Waals surface area contributed by atoms with Crippen molar-refractivity contribution < 1.29 is 9.18 Å². The lowest BCUT2D eigenvalue weighted by molar-refractivity contribution is -0.117. The quantitative estimate of drug-likeness (QED) is 0.834. The van der Waals surface area contributed by atoms with E-state index in [1.807, 2.05) is 0 Å². The lowest BCUT2D eigenvalue weighted by atomic mass is 10.2. The summed E-state index contributed by atoms with van der Waals surface area (Å²) in [5.74, 6) is -0.714. The third kappa shape index (κ3) is 3.49. The van der Waals surface area contributed by atoms with Gasteiger partial charge < -0.3 is 10.6 Å². The molecule has 5 heteroatoms. The van der Waals surface area contributed by atoms with Crippen molar-refractivity contribution in [2.75, 3.05) is 12.4 Å². The van der Waals surface area contributed by atoms with Crippen LogP contribution in [0, 0.1) is 5.82 Å². The second kappa shape index (κ2) is 5.09. The van der Waals surface area contributed by atoms with Crippen molar-refractivity contribution in [3.8, 4) is 0 Å². The minimum absolute atomic E-state index is 0.237. The van der Waals surface area contributed by atoms with Crippen molar-refractivity contribution in [2.24, 2.45) is 0 Å². The molecule has 0 aliphatic rings. The SMILES string of the molecule is CNC(C)C(=O)Nc1cc(F)cc(Cl)c1. The standard InChI is InChI=1S/C10H12ClFN2O/c1-6(13-2)10(15)14-9-4-7(11)3-8(12)5-9/h3-6,13H,1-2H3,(H,14,15). The Labute approximate surface area is 92.6 Å². The monoisotopic (exact) mass is 230 g/mol. The van der Waals surface area contributed by atoms with E-state index >= 15 is 0 Å². The Kier molecular flexibility index (Phi) is 4.05. The summed E-state index contributed by atoms with van der Waals surface area (Å²) in [4.78, 5) is 11.4. The van der Waals surface area contributed by atoms with Crippen molar-refractivity contribution in [3.05, 3.63) is 29.0 Å². The molecule has 1 aromatic rings. The number of benzene rings is 1. The van der Waals surface area contributed by atoms with E-state index in [0.717, 1.165) is 0 Å². The second-order valence-corrected chi connectivity index (χ2v) is 3.59.